The largest absolute Gasteiger partial charge is 0.464 e. The van der Waals surface area contributed by atoms with Gasteiger partial charge in [0.25, 0.3) is 0 Å². The van der Waals surface area contributed by atoms with Crippen molar-refractivity contribution in [2.45, 2.75) is 19.9 Å². The van der Waals surface area contributed by atoms with E-state index >= 15 is 0 Å². The highest BCUT2D eigenvalue weighted by atomic mass is 16.3. The monoisotopic (exact) mass is 269 g/mol. The Morgan fingerprint density at radius 3 is 2.35 bits per heavy atom. The van der Waals surface area contributed by atoms with Crippen molar-refractivity contribution in [1.29, 1.82) is 0 Å². The minimum atomic E-state index is 0.258. The predicted octanol–water partition coefficient (Wildman–Crippen LogP) is 3.82. The molecule has 20 heavy (non-hydrogen) atoms. The minimum absolute atomic E-state index is 0.258. The quantitative estimate of drug-likeness (QED) is 0.780. The maximum Gasteiger partial charge on any atom is 0.223 e. The fraction of sp³-hybridized carbons (Fsp3) is 0.200. The molecule has 0 saturated carbocycles. The van der Waals surface area contributed by atoms with Crippen molar-refractivity contribution in [1.82, 2.24) is 9.97 Å². The summed E-state index contributed by atoms with van der Waals surface area (Å²) in [6.07, 6.45) is 4.99. The zero-order chi connectivity index (χ0) is 13.9. The molecule has 0 radical (unpaired) electrons. The summed E-state index contributed by atoms with van der Waals surface area (Å²) >= 11 is 0. The van der Waals surface area contributed by atoms with Crippen LogP contribution in [-0.4, -0.2) is 16.0 Å². The van der Waals surface area contributed by atoms with Crippen LogP contribution in [-0.2, 0) is 0 Å². The number of anilines is 1. The van der Waals surface area contributed by atoms with Crippen molar-refractivity contribution in [2.24, 2.45) is 0 Å². The summed E-state index contributed by atoms with van der Waals surface area (Å²) in [4.78, 5) is 8.86. The fourth-order valence-corrected chi connectivity index (χ4v) is 1.92. The van der Waals surface area contributed by atoms with Crippen LogP contribution in [0.4, 0.5) is 5.95 Å². The molecule has 3 aromatic heterocycles. The summed E-state index contributed by atoms with van der Waals surface area (Å²) in [5, 5.41) is 3.19. The van der Waals surface area contributed by atoms with Crippen LogP contribution in [0.15, 0.2) is 51.8 Å². The van der Waals surface area contributed by atoms with E-state index in [-0.39, 0.29) is 6.04 Å². The van der Waals surface area contributed by atoms with Gasteiger partial charge in [-0.1, -0.05) is 0 Å². The van der Waals surface area contributed by atoms with E-state index in [4.69, 9.17) is 8.83 Å². The van der Waals surface area contributed by atoms with E-state index in [1.165, 1.54) is 0 Å². The molecule has 1 N–H and O–H groups in total. The lowest BCUT2D eigenvalue weighted by Gasteiger charge is -2.10. The standard InChI is InChI=1S/C15H15N3O2/c1-10(2)17-15-16-9-11(12-5-3-7-19-12)14(18-15)13-6-4-8-20-13/h3-10H,1-2H3,(H,16,17,18). The van der Waals surface area contributed by atoms with Crippen LogP contribution in [0.1, 0.15) is 13.8 Å². The Morgan fingerprint density at radius 2 is 1.75 bits per heavy atom. The second-order valence-corrected chi connectivity index (χ2v) is 4.71. The molecule has 0 aliphatic rings. The molecule has 0 spiro atoms. The van der Waals surface area contributed by atoms with Crippen molar-refractivity contribution in [3.63, 3.8) is 0 Å². The molecular formula is C15H15N3O2. The van der Waals surface area contributed by atoms with Gasteiger partial charge in [0, 0.05) is 12.2 Å². The minimum Gasteiger partial charge on any atom is -0.464 e. The summed E-state index contributed by atoms with van der Waals surface area (Å²) in [5.74, 6) is 1.97. The average Bonchev–Trinajstić information content (AvgIpc) is 3.11. The Hall–Kier alpha value is -2.56. The Morgan fingerprint density at radius 1 is 1.05 bits per heavy atom. The van der Waals surface area contributed by atoms with E-state index in [0.29, 0.717) is 23.2 Å². The first-order valence-corrected chi connectivity index (χ1v) is 6.45. The number of hydrogen-bond acceptors (Lipinski definition) is 5. The number of rotatable bonds is 4. The van der Waals surface area contributed by atoms with Gasteiger partial charge in [0.15, 0.2) is 5.76 Å². The molecule has 102 valence electrons. The zero-order valence-electron chi connectivity index (χ0n) is 11.3. The Balaban J connectivity index is 2.10. The fourth-order valence-electron chi connectivity index (χ4n) is 1.92. The molecule has 0 atom stereocenters. The van der Waals surface area contributed by atoms with Gasteiger partial charge in [-0.05, 0) is 38.1 Å². The van der Waals surface area contributed by atoms with E-state index in [1.54, 1.807) is 18.7 Å². The van der Waals surface area contributed by atoms with Crippen molar-refractivity contribution >= 4 is 5.95 Å². The summed E-state index contributed by atoms with van der Waals surface area (Å²) in [6, 6.07) is 7.67. The molecule has 0 aromatic carbocycles. The number of hydrogen-bond donors (Lipinski definition) is 1. The topological polar surface area (TPSA) is 64.1 Å². The molecule has 5 nitrogen and oxygen atoms in total. The Labute approximate surface area is 116 Å². The lowest BCUT2D eigenvalue weighted by molar-refractivity contribution is 0.573. The lowest BCUT2D eigenvalue weighted by Crippen LogP contribution is -2.12. The van der Waals surface area contributed by atoms with Gasteiger partial charge in [-0.25, -0.2) is 9.97 Å². The molecule has 3 heterocycles. The summed E-state index contributed by atoms with van der Waals surface area (Å²) in [6.45, 7) is 4.08. The molecule has 0 fully saturated rings. The van der Waals surface area contributed by atoms with Crippen LogP contribution in [0.25, 0.3) is 22.8 Å². The van der Waals surface area contributed by atoms with Crippen LogP contribution >= 0.6 is 0 Å². The number of nitrogens with one attached hydrogen (secondary N) is 1. The molecule has 5 heteroatoms. The lowest BCUT2D eigenvalue weighted by atomic mass is 10.1. The molecule has 0 amide bonds. The zero-order valence-corrected chi connectivity index (χ0v) is 11.3. The molecule has 3 aromatic rings. The average molecular weight is 269 g/mol. The maximum absolute atomic E-state index is 5.46. The van der Waals surface area contributed by atoms with Gasteiger partial charge >= 0.3 is 0 Å². The van der Waals surface area contributed by atoms with Crippen LogP contribution in [0.3, 0.4) is 0 Å². The summed E-state index contributed by atoms with van der Waals surface area (Å²) in [7, 11) is 0. The maximum atomic E-state index is 5.46. The smallest absolute Gasteiger partial charge is 0.223 e. The van der Waals surface area contributed by atoms with Crippen molar-refractivity contribution in [2.75, 3.05) is 5.32 Å². The first-order valence-electron chi connectivity index (χ1n) is 6.45. The van der Waals surface area contributed by atoms with Crippen LogP contribution < -0.4 is 5.32 Å². The van der Waals surface area contributed by atoms with Crippen LogP contribution in [0.5, 0.6) is 0 Å². The van der Waals surface area contributed by atoms with E-state index in [1.807, 2.05) is 38.1 Å². The van der Waals surface area contributed by atoms with E-state index in [2.05, 4.69) is 15.3 Å². The van der Waals surface area contributed by atoms with Gasteiger partial charge in [0.1, 0.15) is 11.5 Å². The number of aromatic nitrogens is 2. The molecule has 0 aliphatic carbocycles. The first-order chi connectivity index (χ1) is 9.74. The van der Waals surface area contributed by atoms with E-state index < -0.39 is 0 Å². The number of nitrogens with zero attached hydrogens (tertiary/aromatic N) is 2. The van der Waals surface area contributed by atoms with Gasteiger partial charge in [-0.3, -0.25) is 0 Å². The third-order valence-corrected chi connectivity index (χ3v) is 2.75. The predicted molar refractivity (Wildman–Crippen MR) is 76.2 cm³/mol. The first kappa shape index (κ1) is 12.5. The third-order valence-electron chi connectivity index (χ3n) is 2.75. The van der Waals surface area contributed by atoms with Crippen molar-refractivity contribution in [3.8, 4) is 22.8 Å². The van der Waals surface area contributed by atoms with E-state index in [9.17, 15) is 0 Å². The number of furan rings is 2. The van der Waals surface area contributed by atoms with Crippen LogP contribution in [0, 0.1) is 0 Å². The molecule has 0 bridgehead atoms. The summed E-state index contributed by atoms with van der Waals surface area (Å²) in [5.41, 5.74) is 1.52. The normalized spacial score (nSPS) is 10.9. The molecular weight excluding hydrogens is 254 g/mol. The highest BCUT2D eigenvalue weighted by Gasteiger charge is 2.15. The molecule has 0 saturated heterocycles. The molecule has 0 unspecified atom stereocenters. The Kier molecular flexibility index (Phi) is 3.25. The van der Waals surface area contributed by atoms with Gasteiger partial charge in [0.05, 0.1) is 18.1 Å². The second kappa shape index (κ2) is 5.21. The molecule has 0 aliphatic heterocycles. The van der Waals surface area contributed by atoms with Crippen molar-refractivity contribution < 1.29 is 8.83 Å². The SMILES string of the molecule is CC(C)Nc1ncc(-c2ccco2)c(-c2ccco2)n1. The van der Waals surface area contributed by atoms with Crippen LogP contribution in [0.2, 0.25) is 0 Å². The Bertz CT molecular complexity index is 673. The summed E-state index contributed by atoms with van der Waals surface area (Å²) < 4.78 is 10.9. The second-order valence-electron chi connectivity index (χ2n) is 4.71. The van der Waals surface area contributed by atoms with Gasteiger partial charge in [-0.15, -0.1) is 0 Å². The van der Waals surface area contributed by atoms with Gasteiger partial charge in [0.2, 0.25) is 5.95 Å². The highest BCUT2D eigenvalue weighted by molar-refractivity contribution is 5.75. The third kappa shape index (κ3) is 2.42. The van der Waals surface area contributed by atoms with Crippen molar-refractivity contribution in [3.05, 3.63) is 43.0 Å². The molecule has 3 rings (SSSR count). The highest BCUT2D eigenvalue weighted by Crippen LogP contribution is 2.31. The van der Waals surface area contributed by atoms with Gasteiger partial charge in [-0.2, -0.15) is 0 Å². The van der Waals surface area contributed by atoms with Gasteiger partial charge < -0.3 is 14.2 Å². The van der Waals surface area contributed by atoms with E-state index in [0.717, 1.165) is 5.56 Å².